The second-order valence-corrected chi connectivity index (χ2v) is 3.63. The van der Waals surface area contributed by atoms with Crippen LogP contribution in [0.3, 0.4) is 0 Å². The van der Waals surface area contributed by atoms with Gasteiger partial charge in [-0.25, -0.2) is 0 Å². The Morgan fingerprint density at radius 2 is 1.91 bits per heavy atom. The number of rotatable bonds is 3. The topological polar surface area (TPSA) is 35.2 Å². The van der Waals surface area contributed by atoms with Gasteiger partial charge in [0.2, 0.25) is 0 Å². The average molecular weight is 175 g/mol. The zero-order chi connectivity index (χ0) is 8.10. The SMILES string of the molecule is NCCC1CCC(OP)CC1. The van der Waals surface area contributed by atoms with Crippen molar-refractivity contribution >= 4 is 9.47 Å². The van der Waals surface area contributed by atoms with Crippen LogP contribution < -0.4 is 5.73 Å². The summed E-state index contributed by atoms with van der Waals surface area (Å²) in [5.41, 5.74) is 5.49. The second kappa shape index (κ2) is 5.08. The molecule has 0 aromatic heterocycles. The van der Waals surface area contributed by atoms with Gasteiger partial charge in [0.15, 0.2) is 0 Å². The third-order valence-electron chi connectivity index (χ3n) is 2.56. The smallest absolute Gasteiger partial charge is 0.0611 e. The van der Waals surface area contributed by atoms with E-state index in [0.29, 0.717) is 6.10 Å². The molecule has 1 rings (SSSR count). The quantitative estimate of drug-likeness (QED) is 0.662. The van der Waals surface area contributed by atoms with E-state index in [1.54, 1.807) is 0 Å². The molecule has 1 unspecified atom stereocenters. The van der Waals surface area contributed by atoms with E-state index in [-0.39, 0.29) is 0 Å². The van der Waals surface area contributed by atoms with Crippen LogP contribution in [-0.4, -0.2) is 12.6 Å². The fraction of sp³-hybridized carbons (Fsp3) is 1.00. The Morgan fingerprint density at radius 3 is 2.36 bits per heavy atom. The van der Waals surface area contributed by atoms with E-state index in [4.69, 9.17) is 10.3 Å². The highest BCUT2D eigenvalue weighted by Gasteiger charge is 2.19. The van der Waals surface area contributed by atoms with E-state index in [9.17, 15) is 0 Å². The predicted octanol–water partition coefficient (Wildman–Crippen LogP) is 1.70. The highest BCUT2D eigenvalue weighted by molar-refractivity contribution is 7.09. The fourth-order valence-electron chi connectivity index (χ4n) is 1.79. The lowest BCUT2D eigenvalue weighted by Gasteiger charge is -2.26. The van der Waals surface area contributed by atoms with Crippen LogP contribution in [0.4, 0.5) is 0 Å². The van der Waals surface area contributed by atoms with Gasteiger partial charge in [-0.15, -0.1) is 0 Å². The summed E-state index contributed by atoms with van der Waals surface area (Å²) in [6, 6.07) is 0. The minimum Gasteiger partial charge on any atom is -0.362 e. The molecular formula is C8H18NOP. The van der Waals surface area contributed by atoms with Gasteiger partial charge in [-0.2, -0.15) is 0 Å². The Bertz CT molecular complexity index is 102. The van der Waals surface area contributed by atoms with Crippen molar-refractivity contribution in [2.45, 2.75) is 38.2 Å². The molecule has 1 aliphatic carbocycles. The van der Waals surface area contributed by atoms with Crippen molar-refractivity contribution in [1.29, 1.82) is 0 Å². The van der Waals surface area contributed by atoms with Crippen molar-refractivity contribution in [3.05, 3.63) is 0 Å². The molecule has 11 heavy (non-hydrogen) atoms. The van der Waals surface area contributed by atoms with Crippen molar-refractivity contribution < 1.29 is 4.52 Å². The Morgan fingerprint density at radius 1 is 1.27 bits per heavy atom. The lowest BCUT2D eigenvalue weighted by Crippen LogP contribution is -2.20. The van der Waals surface area contributed by atoms with Crippen molar-refractivity contribution in [1.82, 2.24) is 0 Å². The molecule has 0 saturated heterocycles. The average Bonchev–Trinajstić information content (AvgIpc) is 2.07. The molecule has 0 amide bonds. The highest BCUT2D eigenvalue weighted by Crippen LogP contribution is 2.28. The van der Waals surface area contributed by atoms with Crippen LogP contribution in [0, 0.1) is 5.92 Å². The summed E-state index contributed by atoms with van der Waals surface area (Å²) in [5.74, 6) is 0.872. The molecule has 2 nitrogen and oxygen atoms in total. The number of hydrogen-bond donors (Lipinski definition) is 1. The molecular weight excluding hydrogens is 157 g/mol. The third-order valence-corrected chi connectivity index (χ3v) is 2.95. The van der Waals surface area contributed by atoms with Gasteiger partial charge in [0, 0.05) is 9.47 Å². The van der Waals surface area contributed by atoms with Gasteiger partial charge in [0.05, 0.1) is 6.10 Å². The summed E-state index contributed by atoms with van der Waals surface area (Å²) in [6.45, 7) is 0.844. The van der Waals surface area contributed by atoms with Gasteiger partial charge in [0.1, 0.15) is 0 Å². The van der Waals surface area contributed by atoms with E-state index < -0.39 is 0 Å². The van der Waals surface area contributed by atoms with Crippen LogP contribution >= 0.6 is 9.47 Å². The molecule has 1 fully saturated rings. The first-order chi connectivity index (χ1) is 5.36. The maximum absolute atomic E-state index is 5.49. The lowest BCUT2D eigenvalue weighted by atomic mass is 9.85. The summed E-state index contributed by atoms with van der Waals surface area (Å²) < 4.78 is 5.20. The Hall–Kier alpha value is 0.350. The summed E-state index contributed by atoms with van der Waals surface area (Å²) in [6.07, 6.45) is 6.73. The van der Waals surface area contributed by atoms with E-state index >= 15 is 0 Å². The maximum atomic E-state index is 5.49. The predicted molar refractivity (Wildman–Crippen MR) is 50.2 cm³/mol. The maximum Gasteiger partial charge on any atom is 0.0611 e. The normalized spacial score (nSPS) is 32.2. The zero-order valence-corrected chi connectivity index (χ0v) is 8.11. The van der Waals surface area contributed by atoms with Crippen LogP contribution in [0.15, 0.2) is 0 Å². The Balaban J connectivity index is 2.14. The summed E-state index contributed by atoms with van der Waals surface area (Å²) in [7, 11) is 2.36. The van der Waals surface area contributed by atoms with Crippen molar-refractivity contribution in [3.63, 3.8) is 0 Å². The number of hydrogen-bond acceptors (Lipinski definition) is 2. The van der Waals surface area contributed by atoms with Crippen LogP contribution in [0.2, 0.25) is 0 Å². The Labute approximate surface area is 71.2 Å². The van der Waals surface area contributed by atoms with Gasteiger partial charge in [0.25, 0.3) is 0 Å². The van der Waals surface area contributed by atoms with Crippen LogP contribution in [0.5, 0.6) is 0 Å². The van der Waals surface area contributed by atoms with E-state index in [1.165, 1.54) is 32.1 Å². The van der Waals surface area contributed by atoms with E-state index in [1.807, 2.05) is 0 Å². The van der Waals surface area contributed by atoms with Crippen molar-refractivity contribution in [3.8, 4) is 0 Å². The molecule has 2 N–H and O–H groups in total. The first-order valence-corrected chi connectivity index (χ1v) is 4.89. The van der Waals surface area contributed by atoms with Gasteiger partial charge in [-0.1, -0.05) is 0 Å². The molecule has 1 atom stereocenters. The molecule has 3 heteroatoms. The first kappa shape index (κ1) is 9.44. The molecule has 0 spiro atoms. The second-order valence-electron chi connectivity index (χ2n) is 3.36. The van der Waals surface area contributed by atoms with Gasteiger partial charge in [-0.05, 0) is 44.6 Å². The first-order valence-electron chi connectivity index (χ1n) is 4.42. The van der Waals surface area contributed by atoms with E-state index in [2.05, 4.69) is 9.47 Å². The fourth-order valence-corrected chi connectivity index (χ4v) is 2.06. The molecule has 0 heterocycles. The summed E-state index contributed by atoms with van der Waals surface area (Å²) >= 11 is 0. The molecule has 0 aromatic carbocycles. The monoisotopic (exact) mass is 175 g/mol. The van der Waals surface area contributed by atoms with Crippen LogP contribution in [0.25, 0.3) is 0 Å². The van der Waals surface area contributed by atoms with Gasteiger partial charge < -0.3 is 10.3 Å². The lowest BCUT2D eigenvalue weighted by molar-refractivity contribution is 0.151. The molecule has 0 aliphatic heterocycles. The highest BCUT2D eigenvalue weighted by atomic mass is 31.0. The third kappa shape index (κ3) is 3.06. The molecule has 0 aromatic rings. The summed E-state index contributed by atoms with van der Waals surface area (Å²) in [5, 5.41) is 0. The molecule has 0 radical (unpaired) electrons. The molecule has 1 saturated carbocycles. The molecule has 0 bridgehead atoms. The van der Waals surface area contributed by atoms with Crippen molar-refractivity contribution in [2.24, 2.45) is 11.7 Å². The molecule has 66 valence electrons. The van der Waals surface area contributed by atoms with Crippen LogP contribution in [-0.2, 0) is 4.52 Å². The molecule has 1 aliphatic rings. The summed E-state index contributed by atoms with van der Waals surface area (Å²) in [4.78, 5) is 0. The zero-order valence-electron chi connectivity index (χ0n) is 6.96. The standard InChI is InChI=1S/C8H18NOP/c9-6-5-7-1-3-8(10-11)4-2-7/h7-8H,1-6,9,11H2. The Kier molecular flexibility index (Phi) is 4.36. The number of nitrogens with two attached hydrogens (primary N) is 1. The minimum atomic E-state index is 0.494. The van der Waals surface area contributed by atoms with E-state index in [0.717, 1.165) is 12.5 Å². The van der Waals surface area contributed by atoms with Gasteiger partial charge in [-0.3, -0.25) is 0 Å². The largest absolute Gasteiger partial charge is 0.362 e. The van der Waals surface area contributed by atoms with Gasteiger partial charge >= 0.3 is 0 Å². The minimum absolute atomic E-state index is 0.494. The van der Waals surface area contributed by atoms with Crippen LogP contribution in [0.1, 0.15) is 32.1 Å². The van der Waals surface area contributed by atoms with Crippen molar-refractivity contribution in [2.75, 3.05) is 6.54 Å².